The van der Waals surface area contributed by atoms with E-state index < -0.39 is 42.0 Å². The summed E-state index contributed by atoms with van der Waals surface area (Å²) in [6, 6.07) is 12.4. The molecule has 0 spiro atoms. The molecule has 0 bridgehead atoms. The second-order valence-electron chi connectivity index (χ2n) is 9.75. The second-order valence-corrected chi connectivity index (χ2v) is 9.75. The summed E-state index contributed by atoms with van der Waals surface area (Å²) < 4.78 is 10.1. The molecule has 3 amide bonds. The molecular formula is C29H39N3O7. The molecule has 0 aliphatic heterocycles. The monoisotopic (exact) mass is 541 g/mol. The molecule has 0 aliphatic rings. The number of nitrogens with one attached hydrogen (secondary N) is 3. The van der Waals surface area contributed by atoms with Crippen LogP contribution in [0.3, 0.4) is 0 Å². The van der Waals surface area contributed by atoms with Crippen molar-refractivity contribution < 1.29 is 33.8 Å². The lowest BCUT2D eigenvalue weighted by molar-refractivity contribution is -0.147. The van der Waals surface area contributed by atoms with Gasteiger partial charge in [0.2, 0.25) is 11.8 Å². The molecule has 2 aromatic rings. The highest BCUT2D eigenvalue weighted by atomic mass is 16.5. The molecule has 0 saturated heterocycles. The van der Waals surface area contributed by atoms with Crippen LogP contribution in [0.5, 0.6) is 5.75 Å². The number of carbonyl (C=O) groups excluding carboxylic acids is 4. The van der Waals surface area contributed by atoms with Crippen LogP contribution in [-0.2, 0) is 36.9 Å². The topological polar surface area (TPSA) is 143 Å². The maximum absolute atomic E-state index is 13.4. The van der Waals surface area contributed by atoms with E-state index in [1.807, 2.05) is 44.2 Å². The summed E-state index contributed by atoms with van der Waals surface area (Å²) in [5.41, 5.74) is 1.47. The zero-order valence-corrected chi connectivity index (χ0v) is 23.1. The smallest absolute Gasteiger partial charge is 0.408 e. The molecule has 212 valence electrons. The van der Waals surface area contributed by atoms with E-state index in [4.69, 9.17) is 9.47 Å². The average Bonchev–Trinajstić information content (AvgIpc) is 2.93. The van der Waals surface area contributed by atoms with E-state index in [2.05, 4.69) is 16.0 Å². The molecule has 0 aliphatic carbocycles. The lowest BCUT2D eigenvalue weighted by Crippen LogP contribution is -2.58. The van der Waals surface area contributed by atoms with Crippen molar-refractivity contribution in [2.75, 3.05) is 7.11 Å². The van der Waals surface area contributed by atoms with Crippen LogP contribution < -0.4 is 16.0 Å². The zero-order chi connectivity index (χ0) is 28.9. The first-order valence-corrected chi connectivity index (χ1v) is 13.0. The molecule has 4 atom stereocenters. The molecular weight excluding hydrogens is 502 g/mol. The summed E-state index contributed by atoms with van der Waals surface area (Å²) in [4.78, 5) is 51.5. The van der Waals surface area contributed by atoms with Gasteiger partial charge >= 0.3 is 12.1 Å². The number of phenolic OH excluding ortho intramolecular Hbond substituents is 1. The number of amides is 3. The number of benzene rings is 2. The van der Waals surface area contributed by atoms with E-state index in [-0.39, 0.29) is 30.6 Å². The SMILES string of the molecule is CC[C@H](C)[C@H](NC(=O)[C@H](Cc1ccc(O)cc1)NC(=O)[C@@H](NC(=O)OCc1ccccc1)C(C)C)C(=O)OC. The molecule has 39 heavy (non-hydrogen) atoms. The Balaban J connectivity index is 2.19. The Hall–Kier alpha value is -4.08. The number of ether oxygens (including phenoxy) is 2. The highest BCUT2D eigenvalue weighted by Crippen LogP contribution is 2.14. The van der Waals surface area contributed by atoms with Crippen molar-refractivity contribution in [2.24, 2.45) is 11.8 Å². The molecule has 0 radical (unpaired) electrons. The largest absolute Gasteiger partial charge is 0.508 e. The van der Waals surface area contributed by atoms with Gasteiger partial charge in [-0.2, -0.15) is 0 Å². The normalized spacial score (nSPS) is 13.9. The van der Waals surface area contributed by atoms with Crippen molar-refractivity contribution >= 4 is 23.9 Å². The van der Waals surface area contributed by atoms with Gasteiger partial charge in [-0.05, 0) is 35.1 Å². The zero-order valence-electron chi connectivity index (χ0n) is 23.1. The van der Waals surface area contributed by atoms with Gasteiger partial charge in [0.15, 0.2) is 0 Å². The number of phenols is 1. The summed E-state index contributed by atoms with van der Waals surface area (Å²) in [6.07, 6.45) is -0.0793. The first kappa shape index (κ1) is 31.1. The van der Waals surface area contributed by atoms with Crippen LogP contribution in [0.25, 0.3) is 0 Å². The quantitative estimate of drug-likeness (QED) is 0.285. The Labute approximate surface area is 229 Å². The van der Waals surface area contributed by atoms with Gasteiger partial charge in [-0.25, -0.2) is 9.59 Å². The maximum Gasteiger partial charge on any atom is 0.408 e. The molecule has 0 fully saturated rings. The van der Waals surface area contributed by atoms with Crippen molar-refractivity contribution in [3.8, 4) is 5.75 Å². The number of rotatable bonds is 13. The van der Waals surface area contributed by atoms with Crippen LogP contribution >= 0.6 is 0 Å². The van der Waals surface area contributed by atoms with Gasteiger partial charge in [0.25, 0.3) is 0 Å². The van der Waals surface area contributed by atoms with Crippen LogP contribution in [0.4, 0.5) is 4.79 Å². The number of hydrogen-bond donors (Lipinski definition) is 4. The van der Waals surface area contributed by atoms with Gasteiger partial charge in [-0.15, -0.1) is 0 Å². The van der Waals surface area contributed by atoms with Crippen molar-refractivity contribution in [3.63, 3.8) is 0 Å². The number of hydrogen-bond acceptors (Lipinski definition) is 7. The first-order chi connectivity index (χ1) is 18.5. The standard InChI is InChI=1S/C29H39N3O7/c1-6-19(4)25(28(36)38-5)31-26(34)23(16-20-12-14-22(33)15-13-20)30-27(35)24(18(2)3)32-29(37)39-17-21-10-8-7-9-11-21/h7-15,18-19,23-25,33H,6,16-17H2,1-5H3,(H,30,35)(H,31,34)(H,32,37)/t19-,23-,24-,25-/m0/s1. The fraction of sp³-hybridized carbons (Fsp3) is 0.448. The minimum absolute atomic E-state index is 0.0372. The molecule has 0 heterocycles. The lowest BCUT2D eigenvalue weighted by atomic mass is 9.97. The highest BCUT2D eigenvalue weighted by molar-refractivity contribution is 5.93. The number of alkyl carbamates (subject to hydrolysis) is 1. The fourth-order valence-corrected chi connectivity index (χ4v) is 3.82. The average molecular weight is 542 g/mol. The van der Waals surface area contributed by atoms with Gasteiger partial charge in [-0.1, -0.05) is 76.6 Å². The van der Waals surface area contributed by atoms with Crippen LogP contribution in [-0.4, -0.2) is 54.2 Å². The first-order valence-electron chi connectivity index (χ1n) is 13.0. The van der Waals surface area contributed by atoms with Crippen LogP contribution in [0, 0.1) is 11.8 Å². The van der Waals surface area contributed by atoms with Gasteiger partial charge in [-0.3, -0.25) is 9.59 Å². The third kappa shape index (κ3) is 9.96. The summed E-state index contributed by atoms with van der Waals surface area (Å²) in [5.74, 6) is -2.23. The van der Waals surface area contributed by atoms with Gasteiger partial charge < -0.3 is 30.5 Å². The minimum atomic E-state index is -1.08. The van der Waals surface area contributed by atoms with Crippen molar-refractivity contribution in [1.29, 1.82) is 0 Å². The lowest BCUT2D eigenvalue weighted by Gasteiger charge is -2.27. The molecule has 0 unspecified atom stereocenters. The van der Waals surface area contributed by atoms with E-state index in [1.165, 1.54) is 19.2 Å². The Morgan fingerprint density at radius 3 is 2.03 bits per heavy atom. The predicted octanol–water partition coefficient (Wildman–Crippen LogP) is 3.07. The Bertz CT molecular complexity index is 1090. The van der Waals surface area contributed by atoms with Crippen molar-refractivity contribution in [1.82, 2.24) is 16.0 Å². The van der Waals surface area contributed by atoms with E-state index in [1.54, 1.807) is 26.0 Å². The maximum atomic E-state index is 13.4. The molecule has 2 rings (SSSR count). The van der Waals surface area contributed by atoms with E-state index in [0.717, 1.165) is 5.56 Å². The van der Waals surface area contributed by atoms with Crippen molar-refractivity contribution in [3.05, 3.63) is 65.7 Å². The Kier molecular flexibility index (Phi) is 12.3. The molecule has 0 saturated carbocycles. The second kappa shape index (κ2) is 15.4. The summed E-state index contributed by atoms with van der Waals surface area (Å²) in [6.45, 7) is 7.25. The number of esters is 1. The molecule has 10 nitrogen and oxygen atoms in total. The van der Waals surface area contributed by atoms with Gasteiger partial charge in [0.05, 0.1) is 7.11 Å². The number of aromatic hydroxyl groups is 1. The number of carbonyl (C=O) groups is 4. The van der Waals surface area contributed by atoms with Crippen molar-refractivity contribution in [2.45, 2.75) is 65.3 Å². The van der Waals surface area contributed by atoms with E-state index in [9.17, 15) is 24.3 Å². The molecule has 0 aromatic heterocycles. The summed E-state index contributed by atoms with van der Waals surface area (Å²) in [7, 11) is 1.25. The molecule has 10 heteroatoms. The van der Waals surface area contributed by atoms with Crippen LogP contribution in [0.2, 0.25) is 0 Å². The van der Waals surface area contributed by atoms with Gasteiger partial charge in [0.1, 0.15) is 30.5 Å². The Morgan fingerprint density at radius 1 is 0.821 bits per heavy atom. The van der Waals surface area contributed by atoms with E-state index in [0.29, 0.717) is 12.0 Å². The molecule has 4 N–H and O–H groups in total. The van der Waals surface area contributed by atoms with Gasteiger partial charge in [0, 0.05) is 6.42 Å². The Morgan fingerprint density at radius 2 is 1.46 bits per heavy atom. The fourth-order valence-electron chi connectivity index (χ4n) is 3.82. The summed E-state index contributed by atoms with van der Waals surface area (Å²) >= 11 is 0. The highest BCUT2D eigenvalue weighted by Gasteiger charge is 2.33. The number of methoxy groups -OCH3 is 1. The van der Waals surface area contributed by atoms with Crippen LogP contribution in [0.1, 0.15) is 45.2 Å². The third-order valence-electron chi connectivity index (χ3n) is 6.41. The minimum Gasteiger partial charge on any atom is -0.508 e. The molecule has 2 aromatic carbocycles. The third-order valence-corrected chi connectivity index (χ3v) is 6.41. The predicted molar refractivity (Wildman–Crippen MR) is 146 cm³/mol. The summed E-state index contributed by atoms with van der Waals surface area (Å²) in [5, 5.41) is 17.6. The van der Waals surface area contributed by atoms with Crippen LogP contribution in [0.15, 0.2) is 54.6 Å². The van der Waals surface area contributed by atoms with E-state index >= 15 is 0 Å².